The van der Waals surface area contributed by atoms with Gasteiger partial charge in [0.05, 0.1) is 11.6 Å². The van der Waals surface area contributed by atoms with Crippen LogP contribution in [0.2, 0.25) is 0 Å². The van der Waals surface area contributed by atoms with E-state index < -0.39 is 23.6 Å². The zero-order valence-electron chi connectivity index (χ0n) is 9.01. The second-order valence-corrected chi connectivity index (χ2v) is 3.48. The third-order valence-corrected chi connectivity index (χ3v) is 2.38. The van der Waals surface area contributed by atoms with Crippen LogP contribution in [-0.2, 0) is 11.0 Å². The standard InChI is InChI=1S/C11H11F4NO/c1-2-10(16-6-17)8-4-3-7(5-9(8)12)11(13,14)15/h3-6,10H,2H2,1H3,(H,16,17)/t10-/m1/s1. The molecule has 0 aliphatic carbocycles. The van der Waals surface area contributed by atoms with E-state index in [1.54, 1.807) is 6.92 Å². The Labute approximate surface area is 95.6 Å². The minimum Gasteiger partial charge on any atom is -0.352 e. The highest BCUT2D eigenvalue weighted by molar-refractivity contribution is 5.48. The zero-order valence-corrected chi connectivity index (χ0v) is 9.01. The van der Waals surface area contributed by atoms with Gasteiger partial charge in [0.1, 0.15) is 5.82 Å². The van der Waals surface area contributed by atoms with Crippen LogP contribution < -0.4 is 5.32 Å². The van der Waals surface area contributed by atoms with Crippen LogP contribution in [0.3, 0.4) is 0 Å². The smallest absolute Gasteiger partial charge is 0.352 e. The van der Waals surface area contributed by atoms with Crippen molar-refractivity contribution in [1.29, 1.82) is 0 Å². The molecular weight excluding hydrogens is 238 g/mol. The van der Waals surface area contributed by atoms with E-state index in [0.717, 1.165) is 12.1 Å². The van der Waals surface area contributed by atoms with E-state index in [9.17, 15) is 22.4 Å². The third kappa shape index (κ3) is 3.18. The lowest BCUT2D eigenvalue weighted by molar-refractivity contribution is -0.137. The Morgan fingerprint density at radius 3 is 2.47 bits per heavy atom. The molecule has 0 aliphatic rings. The number of benzene rings is 1. The molecule has 1 rings (SSSR count). The van der Waals surface area contributed by atoms with Crippen molar-refractivity contribution in [3.63, 3.8) is 0 Å². The summed E-state index contributed by atoms with van der Waals surface area (Å²) in [7, 11) is 0. The maximum atomic E-state index is 13.5. The van der Waals surface area contributed by atoms with Crippen LogP contribution in [0.25, 0.3) is 0 Å². The Bertz CT molecular complexity index is 403. The Balaban J connectivity index is 3.08. The van der Waals surface area contributed by atoms with Gasteiger partial charge in [-0.15, -0.1) is 0 Å². The molecule has 0 unspecified atom stereocenters. The first-order valence-corrected chi connectivity index (χ1v) is 4.96. The maximum Gasteiger partial charge on any atom is 0.416 e. The van der Waals surface area contributed by atoms with Crippen LogP contribution in [0.5, 0.6) is 0 Å². The molecule has 0 aliphatic heterocycles. The van der Waals surface area contributed by atoms with Crippen molar-refractivity contribution in [2.24, 2.45) is 0 Å². The number of halogens is 4. The minimum atomic E-state index is -4.57. The molecule has 1 N–H and O–H groups in total. The van der Waals surface area contributed by atoms with E-state index >= 15 is 0 Å². The number of rotatable bonds is 4. The van der Waals surface area contributed by atoms with E-state index in [1.807, 2.05) is 0 Å². The number of hydrogen-bond acceptors (Lipinski definition) is 1. The first-order chi connectivity index (χ1) is 7.90. The Morgan fingerprint density at radius 1 is 1.41 bits per heavy atom. The number of carbonyl (C=O) groups excluding carboxylic acids is 1. The van der Waals surface area contributed by atoms with E-state index in [0.29, 0.717) is 18.9 Å². The highest BCUT2D eigenvalue weighted by atomic mass is 19.4. The van der Waals surface area contributed by atoms with Gasteiger partial charge >= 0.3 is 6.18 Å². The van der Waals surface area contributed by atoms with Gasteiger partial charge in [0, 0.05) is 5.56 Å². The quantitative estimate of drug-likeness (QED) is 0.645. The van der Waals surface area contributed by atoms with Gasteiger partial charge in [-0.2, -0.15) is 13.2 Å². The molecule has 0 radical (unpaired) electrons. The third-order valence-electron chi connectivity index (χ3n) is 2.38. The maximum absolute atomic E-state index is 13.5. The molecule has 1 aromatic carbocycles. The molecule has 0 saturated heterocycles. The molecule has 1 atom stereocenters. The molecular formula is C11H11F4NO. The van der Waals surface area contributed by atoms with E-state index in [4.69, 9.17) is 0 Å². The largest absolute Gasteiger partial charge is 0.416 e. The molecule has 0 spiro atoms. The van der Waals surface area contributed by atoms with Crippen molar-refractivity contribution < 1.29 is 22.4 Å². The summed E-state index contributed by atoms with van der Waals surface area (Å²) in [6, 6.07) is 1.66. The van der Waals surface area contributed by atoms with Crippen molar-refractivity contribution in [2.75, 3.05) is 0 Å². The van der Waals surface area contributed by atoms with Crippen molar-refractivity contribution in [2.45, 2.75) is 25.6 Å². The van der Waals surface area contributed by atoms with Crippen LogP contribution in [0.15, 0.2) is 18.2 Å². The first kappa shape index (κ1) is 13.5. The van der Waals surface area contributed by atoms with Gasteiger partial charge in [-0.1, -0.05) is 13.0 Å². The molecule has 94 valence electrons. The Morgan fingerprint density at radius 2 is 2.06 bits per heavy atom. The van der Waals surface area contributed by atoms with Crippen molar-refractivity contribution >= 4 is 6.41 Å². The fraction of sp³-hybridized carbons (Fsp3) is 0.364. The van der Waals surface area contributed by atoms with Gasteiger partial charge in [0.25, 0.3) is 0 Å². The van der Waals surface area contributed by atoms with Crippen LogP contribution in [0.4, 0.5) is 17.6 Å². The van der Waals surface area contributed by atoms with Gasteiger partial charge in [0.15, 0.2) is 0 Å². The molecule has 0 aromatic heterocycles. The number of carbonyl (C=O) groups is 1. The fourth-order valence-electron chi connectivity index (χ4n) is 1.50. The number of amides is 1. The second-order valence-electron chi connectivity index (χ2n) is 3.48. The van der Waals surface area contributed by atoms with Gasteiger partial charge < -0.3 is 5.32 Å². The molecule has 0 saturated carbocycles. The lowest BCUT2D eigenvalue weighted by Crippen LogP contribution is -2.20. The van der Waals surface area contributed by atoms with Crippen molar-refractivity contribution in [1.82, 2.24) is 5.32 Å². The Kier molecular flexibility index (Phi) is 4.09. The van der Waals surface area contributed by atoms with Gasteiger partial charge in [-0.05, 0) is 18.6 Å². The van der Waals surface area contributed by atoms with Crippen LogP contribution >= 0.6 is 0 Å². The highest BCUT2D eigenvalue weighted by Gasteiger charge is 2.31. The summed E-state index contributed by atoms with van der Waals surface area (Å²) in [4.78, 5) is 10.3. The lowest BCUT2D eigenvalue weighted by Gasteiger charge is -2.16. The van der Waals surface area contributed by atoms with E-state index in [2.05, 4.69) is 5.32 Å². The molecule has 1 amide bonds. The van der Waals surface area contributed by atoms with Gasteiger partial charge in [-0.3, -0.25) is 4.79 Å². The highest BCUT2D eigenvalue weighted by Crippen LogP contribution is 2.31. The van der Waals surface area contributed by atoms with Crippen molar-refractivity contribution in [3.05, 3.63) is 35.1 Å². The first-order valence-electron chi connectivity index (χ1n) is 4.96. The van der Waals surface area contributed by atoms with E-state index in [-0.39, 0.29) is 5.56 Å². The zero-order chi connectivity index (χ0) is 13.1. The summed E-state index contributed by atoms with van der Waals surface area (Å²) in [6.07, 6.45) is -3.79. The average molecular weight is 249 g/mol. The molecule has 6 heteroatoms. The van der Waals surface area contributed by atoms with Crippen molar-refractivity contribution in [3.8, 4) is 0 Å². The molecule has 0 bridgehead atoms. The minimum absolute atomic E-state index is 0.0487. The predicted octanol–water partition coefficient (Wildman–Crippen LogP) is 3.04. The average Bonchev–Trinajstić information content (AvgIpc) is 2.25. The SMILES string of the molecule is CC[C@@H](NC=O)c1ccc(C(F)(F)F)cc1F. The summed E-state index contributed by atoms with van der Waals surface area (Å²) in [5, 5.41) is 2.35. The molecule has 2 nitrogen and oxygen atoms in total. The number of nitrogens with one attached hydrogen (secondary N) is 1. The fourth-order valence-corrected chi connectivity index (χ4v) is 1.50. The van der Waals surface area contributed by atoms with Crippen LogP contribution in [-0.4, -0.2) is 6.41 Å². The van der Waals surface area contributed by atoms with E-state index in [1.165, 1.54) is 0 Å². The second kappa shape index (κ2) is 5.16. The normalized spacial score (nSPS) is 13.2. The molecule has 0 fully saturated rings. The monoisotopic (exact) mass is 249 g/mol. The molecule has 17 heavy (non-hydrogen) atoms. The van der Waals surface area contributed by atoms with Gasteiger partial charge in [0.2, 0.25) is 6.41 Å². The Hall–Kier alpha value is -1.59. The van der Waals surface area contributed by atoms with Crippen LogP contribution in [0.1, 0.15) is 30.5 Å². The summed E-state index contributed by atoms with van der Waals surface area (Å²) in [6.45, 7) is 1.69. The number of alkyl halides is 3. The van der Waals surface area contributed by atoms with Gasteiger partial charge in [-0.25, -0.2) is 4.39 Å². The molecule has 0 heterocycles. The van der Waals surface area contributed by atoms with Crippen LogP contribution in [0, 0.1) is 5.82 Å². The summed E-state index contributed by atoms with van der Waals surface area (Å²) >= 11 is 0. The summed E-state index contributed by atoms with van der Waals surface area (Å²) in [5.41, 5.74) is -0.993. The topological polar surface area (TPSA) is 29.1 Å². The molecule has 1 aromatic rings. The lowest BCUT2D eigenvalue weighted by atomic mass is 10.0. The summed E-state index contributed by atoms with van der Waals surface area (Å²) in [5.74, 6) is -0.971. The number of hydrogen-bond donors (Lipinski definition) is 1. The summed E-state index contributed by atoms with van der Waals surface area (Å²) < 4.78 is 50.4. The predicted molar refractivity (Wildman–Crippen MR) is 53.6 cm³/mol.